The van der Waals surface area contributed by atoms with Gasteiger partial charge < -0.3 is 54.4 Å². The molecule has 0 aliphatic heterocycles. The van der Waals surface area contributed by atoms with Gasteiger partial charge in [-0.25, -0.2) is 0 Å². The molecule has 17 nitrogen and oxygen atoms in total. The van der Waals surface area contributed by atoms with Crippen LogP contribution in [0.25, 0.3) is 0 Å². The Morgan fingerprint density at radius 1 is 0.725 bits per heavy atom. The van der Waals surface area contributed by atoms with Gasteiger partial charge in [0, 0.05) is 13.0 Å². The summed E-state index contributed by atoms with van der Waals surface area (Å²) in [6.07, 6.45) is 0.547. The summed E-state index contributed by atoms with van der Waals surface area (Å²) in [6.45, 7) is 3.13. The number of unbranched alkanes of at least 4 members (excludes halogenated alkanes) is 1. The first kappa shape index (κ1) is 36.0. The third-order valence-corrected chi connectivity index (χ3v) is 5.58. The molecule has 17 heteroatoms. The minimum atomic E-state index is -1.40. The number of aliphatic carboxylic acids is 2. The van der Waals surface area contributed by atoms with Crippen molar-refractivity contribution < 1.29 is 39.0 Å². The highest BCUT2D eigenvalue weighted by Gasteiger charge is 2.31. The molecule has 0 saturated carbocycles. The third-order valence-electron chi connectivity index (χ3n) is 5.58. The highest BCUT2D eigenvalue weighted by molar-refractivity contribution is 5.95. The van der Waals surface area contributed by atoms with Crippen molar-refractivity contribution >= 4 is 41.5 Å². The van der Waals surface area contributed by atoms with Crippen molar-refractivity contribution in [3.8, 4) is 0 Å². The Hall–Kier alpha value is -3.99. The molecule has 0 spiro atoms. The summed E-state index contributed by atoms with van der Waals surface area (Å²) in [5, 5.41) is 27.9. The standard InChI is InChI=1S/C23H43N9O8/c1-12(25)18(35)30-15(7-5-11-28-23(26)27)20(37)32-16(8-9-17(33)34)21(38)31-14(6-3-4-10-24)19(36)29-13(2)22(39)40/h12-16H,3-11,24-25H2,1-2H3,(H,29,36)(H,30,35)(H,31,38)(H,32,37)(H,33,34)(H,39,40)(H4,26,27,28)/t12-,13-,14-,15-,16-/m0/s1. The van der Waals surface area contributed by atoms with E-state index in [1.165, 1.54) is 13.8 Å². The third kappa shape index (κ3) is 15.4. The smallest absolute Gasteiger partial charge is 0.325 e. The number of carboxylic acids is 2. The number of amides is 4. The van der Waals surface area contributed by atoms with Crippen molar-refractivity contribution in [3.63, 3.8) is 0 Å². The van der Waals surface area contributed by atoms with Crippen molar-refractivity contribution in [2.75, 3.05) is 13.1 Å². The summed E-state index contributed by atoms with van der Waals surface area (Å²) < 4.78 is 0. The molecule has 0 aliphatic carbocycles. The summed E-state index contributed by atoms with van der Waals surface area (Å²) in [7, 11) is 0. The van der Waals surface area contributed by atoms with E-state index in [0.29, 0.717) is 19.4 Å². The van der Waals surface area contributed by atoms with Gasteiger partial charge in [-0.2, -0.15) is 0 Å². The molecule has 0 aromatic rings. The van der Waals surface area contributed by atoms with Crippen LogP contribution in [0.4, 0.5) is 0 Å². The molecule has 0 aromatic heterocycles. The molecule has 5 atom stereocenters. The van der Waals surface area contributed by atoms with Crippen LogP contribution in [0.3, 0.4) is 0 Å². The normalized spacial score (nSPS) is 14.4. The number of hydrogen-bond donors (Lipinski definition) is 10. The molecule has 0 aromatic carbocycles. The average molecular weight is 574 g/mol. The van der Waals surface area contributed by atoms with Gasteiger partial charge in [-0.15, -0.1) is 0 Å². The molecular formula is C23H43N9O8. The number of nitrogens with two attached hydrogens (primary N) is 4. The van der Waals surface area contributed by atoms with Crippen LogP contribution < -0.4 is 44.2 Å². The number of carbonyl (C=O) groups excluding carboxylic acids is 4. The largest absolute Gasteiger partial charge is 0.481 e. The van der Waals surface area contributed by atoms with Crippen LogP contribution >= 0.6 is 0 Å². The van der Waals surface area contributed by atoms with Gasteiger partial charge in [0.2, 0.25) is 23.6 Å². The second-order valence-corrected chi connectivity index (χ2v) is 9.21. The Labute approximate surface area is 232 Å². The van der Waals surface area contributed by atoms with Crippen molar-refractivity contribution in [2.24, 2.45) is 27.9 Å². The number of guanidine groups is 1. The number of carbonyl (C=O) groups is 6. The minimum absolute atomic E-state index is 0.0611. The molecule has 14 N–H and O–H groups in total. The van der Waals surface area contributed by atoms with E-state index in [9.17, 15) is 28.8 Å². The lowest BCUT2D eigenvalue weighted by Gasteiger charge is -2.26. The maximum absolute atomic E-state index is 13.2. The summed E-state index contributed by atoms with van der Waals surface area (Å²) in [6, 6.07) is -5.93. The Morgan fingerprint density at radius 3 is 1.65 bits per heavy atom. The fourth-order valence-corrected chi connectivity index (χ4v) is 3.29. The fourth-order valence-electron chi connectivity index (χ4n) is 3.29. The summed E-state index contributed by atoms with van der Waals surface area (Å²) in [4.78, 5) is 77.3. The first-order valence-corrected chi connectivity index (χ1v) is 12.9. The predicted octanol–water partition coefficient (Wildman–Crippen LogP) is -3.58. The highest BCUT2D eigenvalue weighted by Crippen LogP contribution is 2.07. The second kappa shape index (κ2) is 19.1. The molecule has 0 bridgehead atoms. The van der Waals surface area contributed by atoms with E-state index in [0.717, 1.165) is 0 Å². The zero-order valence-corrected chi connectivity index (χ0v) is 22.9. The zero-order valence-electron chi connectivity index (χ0n) is 22.9. The molecule has 0 fully saturated rings. The maximum atomic E-state index is 13.2. The molecule has 4 amide bonds. The van der Waals surface area contributed by atoms with Gasteiger partial charge in [0.15, 0.2) is 5.96 Å². The molecule has 0 saturated heterocycles. The number of hydrogen-bond acceptors (Lipinski definition) is 9. The number of carboxylic acid groups (broad SMARTS) is 2. The van der Waals surface area contributed by atoms with E-state index >= 15 is 0 Å². The summed E-state index contributed by atoms with van der Waals surface area (Å²) in [5.41, 5.74) is 21.7. The molecule has 228 valence electrons. The van der Waals surface area contributed by atoms with Crippen LogP contribution in [0.1, 0.15) is 58.8 Å². The van der Waals surface area contributed by atoms with Crippen LogP contribution in [0.15, 0.2) is 4.99 Å². The van der Waals surface area contributed by atoms with Crippen LogP contribution in [-0.4, -0.2) is 95.0 Å². The SMILES string of the molecule is C[C@H](N)C(=O)N[C@@H](CCCN=C(N)N)C(=O)N[C@@H](CCC(=O)O)C(=O)N[C@@H](CCCCN)C(=O)N[C@@H](C)C(=O)O. The molecule has 0 rings (SSSR count). The Kier molecular flexibility index (Phi) is 17.2. The lowest BCUT2D eigenvalue weighted by molar-refractivity contribution is -0.141. The van der Waals surface area contributed by atoms with E-state index in [4.69, 9.17) is 33.1 Å². The first-order chi connectivity index (χ1) is 18.7. The van der Waals surface area contributed by atoms with Crippen molar-refractivity contribution in [1.82, 2.24) is 21.3 Å². The summed E-state index contributed by atoms with van der Waals surface area (Å²) >= 11 is 0. The topological polar surface area (TPSA) is 307 Å². The monoisotopic (exact) mass is 573 g/mol. The molecule has 0 unspecified atom stereocenters. The molecule has 0 heterocycles. The lowest BCUT2D eigenvalue weighted by Crippen LogP contribution is -2.58. The Balaban J connectivity index is 5.81. The Morgan fingerprint density at radius 2 is 1.20 bits per heavy atom. The number of aliphatic imine (C=N–C) groups is 1. The first-order valence-electron chi connectivity index (χ1n) is 12.9. The lowest BCUT2D eigenvalue weighted by atomic mass is 10.0. The zero-order chi connectivity index (χ0) is 30.8. The van der Waals surface area contributed by atoms with E-state index < -0.39 is 72.2 Å². The fraction of sp³-hybridized carbons (Fsp3) is 0.696. The highest BCUT2D eigenvalue weighted by atomic mass is 16.4. The van der Waals surface area contributed by atoms with E-state index in [1.807, 2.05) is 0 Å². The van der Waals surface area contributed by atoms with Gasteiger partial charge in [-0.3, -0.25) is 33.8 Å². The van der Waals surface area contributed by atoms with Gasteiger partial charge in [0.05, 0.1) is 6.04 Å². The van der Waals surface area contributed by atoms with Crippen LogP contribution in [0.2, 0.25) is 0 Å². The van der Waals surface area contributed by atoms with Gasteiger partial charge in [0.1, 0.15) is 24.2 Å². The van der Waals surface area contributed by atoms with E-state index in [-0.39, 0.29) is 38.2 Å². The van der Waals surface area contributed by atoms with Gasteiger partial charge in [-0.1, -0.05) is 0 Å². The van der Waals surface area contributed by atoms with E-state index in [1.54, 1.807) is 0 Å². The predicted molar refractivity (Wildman–Crippen MR) is 144 cm³/mol. The van der Waals surface area contributed by atoms with Crippen molar-refractivity contribution in [2.45, 2.75) is 89.0 Å². The minimum Gasteiger partial charge on any atom is -0.481 e. The number of nitrogens with one attached hydrogen (secondary N) is 4. The van der Waals surface area contributed by atoms with Crippen LogP contribution in [0.5, 0.6) is 0 Å². The second-order valence-electron chi connectivity index (χ2n) is 9.21. The van der Waals surface area contributed by atoms with Crippen LogP contribution in [0, 0.1) is 0 Å². The quantitative estimate of drug-likeness (QED) is 0.0384. The molecule has 40 heavy (non-hydrogen) atoms. The van der Waals surface area contributed by atoms with Gasteiger partial charge in [-0.05, 0) is 58.9 Å². The number of rotatable bonds is 20. The number of nitrogens with zero attached hydrogens (tertiary/aromatic N) is 1. The van der Waals surface area contributed by atoms with Crippen molar-refractivity contribution in [1.29, 1.82) is 0 Å². The van der Waals surface area contributed by atoms with E-state index in [2.05, 4.69) is 26.3 Å². The molecule has 0 radical (unpaired) electrons. The Bertz CT molecular complexity index is 909. The molecular weight excluding hydrogens is 530 g/mol. The van der Waals surface area contributed by atoms with Crippen molar-refractivity contribution in [3.05, 3.63) is 0 Å². The average Bonchev–Trinajstić information content (AvgIpc) is 2.86. The summed E-state index contributed by atoms with van der Waals surface area (Å²) in [5.74, 6) is -5.77. The molecule has 0 aliphatic rings. The van der Waals surface area contributed by atoms with Crippen LogP contribution in [-0.2, 0) is 28.8 Å². The maximum Gasteiger partial charge on any atom is 0.325 e. The van der Waals surface area contributed by atoms with Gasteiger partial charge >= 0.3 is 11.9 Å². The van der Waals surface area contributed by atoms with Gasteiger partial charge in [0.25, 0.3) is 0 Å².